The van der Waals surface area contributed by atoms with Crippen molar-refractivity contribution in [3.8, 4) is 6.07 Å². The molecule has 2 aromatic rings. The Labute approximate surface area is 122 Å². The zero-order valence-corrected chi connectivity index (χ0v) is 11.0. The lowest BCUT2D eigenvalue weighted by Crippen LogP contribution is -2.12. The van der Waals surface area contributed by atoms with Gasteiger partial charge in [-0.25, -0.2) is 4.98 Å². The molecule has 0 saturated carbocycles. The Morgan fingerprint density at radius 3 is 2.57 bits per heavy atom. The first kappa shape index (κ1) is 14.9. The molecule has 0 fully saturated rings. The van der Waals surface area contributed by atoms with Gasteiger partial charge < -0.3 is 11.1 Å². The smallest absolute Gasteiger partial charge is 0.368 e. The zero-order chi connectivity index (χ0) is 15.6. The molecule has 0 saturated heterocycles. The molecule has 9 heteroatoms. The second-order valence-corrected chi connectivity index (χ2v) is 4.36. The number of aromatic nitrogens is 2. The van der Waals surface area contributed by atoms with E-state index < -0.39 is 17.8 Å². The number of nitrogen functional groups attached to an aromatic ring is 1. The van der Waals surface area contributed by atoms with E-state index in [1.165, 1.54) is 18.2 Å². The molecule has 0 bridgehead atoms. The molecule has 1 heterocycles. The summed E-state index contributed by atoms with van der Waals surface area (Å²) in [4.78, 5) is 6.77. The van der Waals surface area contributed by atoms with E-state index in [0.717, 1.165) is 0 Å². The van der Waals surface area contributed by atoms with Gasteiger partial charge in [0, 0.05) is 11.1 Å². The number of hydrogen-bond donors (Lipinski definition) is 2. The Morgan fingerprint density at radius 2 is 1.95 bits per heavy atom. The van der Waals surface area contributed by atoms with Gasteiger partial charge in [-0.15, -0.1) is 0 Å². The van der Waals surface area contributed by atoms with Crippen molar-refractivity contribution in [3.63, 3.8) is 0 Å². The normalized spacial score (nSPS) is 11.0. The molecule has 0 spiro atoms. The Hall–Kier alpha value is -2.53. The highest BCUT2D eigenvalue weighted by Crippen LogP contribution is 2.30. The van der Waals surface area contributed by atoms with Gasteiger partial charge >= 0.3 is 6.18 Å². The largest absolute Gasteiger partial charge is 0.433 e. The maximum Gasteiger partial charge on any atom is 0.433 e. The molecule has 0 unspecified atom stereocenters. The lowest BCUT2D eigenvalue weighted by molar-refractivity contribution is -0.141. The highest BCUT2D eigenvalue weighted by atomic mass is 35.5. The van der Waals surface area contributed by atoms with Gasteiger partial charge in [-0.1, -0.05) is 11.6 Å². The molecule has 0 radical (unpaired) electrons. The number of nitrogens with zero attached hydrogens (tertiary/aromatic N) is 3. The van der Waals surface area contributed by atoms with Crippen LogP contribution >= 0.6 is 11.6 Å². The van der Waals surface area contributed by atoms with E-state index in [9.17, 15) is 13.2 Å². The Kier molecular flexibility index (Phi) is 3.86. The van der Waals surface area contributed by atoms with Crippen molar-refractivity contribution in [2.45, 2.75) is 6.18 Å². The van der Waals surface area contributed by atoms with E-state index in [-0.39, 0.29) is 17.1 Å². The predicted molar refractivity (Wildman–Crippen MR) is 70.9 cm³/mol. The third-order valence-electron chi connectivity index (χ3n) is 2.40. The predicted octanol–water partition coefficient (Wildman–Crippen LogP) is 3.35. The van der Waals surface area contributed by atoms with Crippen LogP contribution in [0.1, 0.15) is 11.3 Å². The minimum atomic E-state index is -4.65. The van der Waals surface area contributed by atoms with Crippen LogP contribution in [0.2, 0.25) is 5.02 Å². The van der Waals surface area contributed by atoms with Crippen LogP contribution in [0.4, 0.5) is 30.6 Å². The maximum atomic E-state index is 12.6. The summed E-state index contributed by atoms with van der Waals surface area (Å²) >= 11 is 5.79. The summed E-state index contributed by atoms with van der Waals surface area (Å²) < 4.78 is 37.9. The van der Waals surface area contributed by atoms with Crippen LogP contribution in [-0.2, 0) is 6.18 Å². The molecular weight excluding hydrogens is 307 g/mol. The van der Waals surface area contributed by atoms with Crippen molar-refractivity contribution < 1.29 is 13.2 Å². The highest BCUT2D eigenvalue weighted by Gasteiger charge is 2.33. The number of benzene rings is 1. The van der Waals surface area contributed by atoms with Gasteiger partial charge in [-0.05, 0) is 18.2 Å². The lowest BCUT2D eigenvalue weighted by Gasteiger charge is -2.11. The van der Waals surface area contributed by atoms with Crippen LogP contribution in [-0.4, -0.2) is 9.97 Å². The number of hydrogen-bond acceptors (Lipinski definition) is 5. The first-order chi connectivity index (χ1) is 9.79. The third-order valence-corrected chi connectivity index (χ3v) is 2.63. The maximum absolute atomic E-state index is 12.6. The first-order valence-corrected chi connectivity index (χ1v) is 5.86. The van der Waals surface area contributed by atoms with Crippen molar-refractivity contribution in [2.24, 2.45) is 0 Å². The average Bonchev–Trinajstić information content (AvgIpc) is 2.37. The van der Waals surface area contributed by atoms with Crippen molar-refractivity contribution in [1.29, 1.82) is 5.26 Å². The van der Waals surface area contributed by atoms with Gasteiger partial charge in [0.2, 0.25) is 5.95 Å². The first-order valence-electron chi connectivity index (χ1n) is 5.48. The molecule has 0 aliphatic rings. The standard InChI is InChI=1S/C12H7ClF3N5/c13-7-2-1-6(5-17)8(3-7)19-10-4-9(12(14,15)16)20-11(18)21-10/h1-4H,(H3,18,19,20,21). The molecule has 0 aliphatic carbocycles. The van der Waals surface area contributed by atoms with Crippen LogP contribution < -0.4 is 11.1 Å². The van der Waals surface area contributed by atoms with Crippen LogP contribution in [0.5, 0.6) is 0 Å². The molecule has 3 N–H and O–H groups in total. The van der Waals surface area contributed by atoms with E-state index >= 15 is 0 Å². The van der Waals surface area contributed by atoms with Crippen LogP contribution in [0.15, 0.2) is 24.3 Å². The van der Waals surface area contributed by atoms with E-state index in [4.69, 9.17) is 22.6 Å². The minimum Gasteiger partial charge on any atom is -0.368 e. The monoisotopic (exact) mass is 313 g/mol. The fraction of sp³-hybridized carbons (Fsp3) is 0.0833. The van der Waals surface area contributed by atoms with Crippen LogP contribution in [0, 0.1) is 11.3 Å². The number of nitrogens with one attached hydrogen (secondary N) is 1. The Balaban J connectivity index is 2.43. The van der Waals surface area contributed by atoms with Gasteiger partial charge in [0.05, 0.1) is 11.3 Å². The van der Waals surface area contributed by atoms with Crippen LogP contribution in [0.25, 0.3) is 0 Å². The molecule has 0 atom stereocenters. The number of rotatable bonds is 2. The van der Waals surface area contributed by atoms with Gasteiger partial charge in [-0.3, -0.25) is 0 Å². The summed E-state index contributed by atoms with van der Waals surface area (Å²) in [5.74, 6) is -0.721. The van der Waals surface area contributed by atoms with Gasteiger partial charge in [0.15, 0.2) is 5.69 Å². The van der Waals surface area contributed by atoms with Crippen molar-refractivity contribution in [1.82, 2.24) is 9.97 Å². The average molecular weight is 314 g/mol. The lowest BCUT2D eigenvalue weighted by atomic mass is 10.2. The number of alkyl halides is 3. The second-order valence-electron chi connectivity index (χ2n) is 3.92. The van der Waals surface area contributed by atoms with E-state index in [0.29, 0.717) is 11.1 Å². The molecule has 5 nitrogen and oxygen atoms in total. The highest BCUT2D eigenvalue weighted by molar-refractivity contribution is 6.30. The molecule has 1 aromatic heterocycles. The molecule has 108 valence electrons. The van der Waals surface area contributed by atoms with Crippen LogP contribution in [0.3, 0.4) is 0 Å². The summed E-state index contributed by atoms with van der Waals surface area (Å²) in [6.45, 7) is 0. The fourth-order valence-corrected chi connectivity index (χ4v) is 1.70. The molecule has 21 heavy (non-hydrogen) atoms. The number of nitriles is 1. The summed E-state index contributed by atoms with van der Waals surface area (Å²) in [5.41, 5.74) is 4.49. The number of nitrogens with two attached hydrogens (primary N) is 1. The van der Waals surface area contributed by atoms with E-state index in [1.807, 2.05) is 6.07 Å². The summed E-state index contributed by atoms with van der Waals surface area (Å²) in [5, 5.41) is 11.8. The van der Waals surface area contributed by atoms with Crippen molar-refractivity contribution in [2.75, 3.05) is 11.1 Å². The SMILES string of the molecule is N#Cc1ccc(Cl)cc1Nc1cc(C(F)(F)F)nc(N)n1. The van der Waals surface area contributed by atoms with E-state index in [1.54, 1.807) is 0 Å². The quantitative estimate of drug-likeness (QED) is 0.887. The molecule has 0 aliphatic heterocycles. The second kappa shape index (κ2) is 5.46. The number of halogens is 4. The Bertz CT molecular complexity index is 724. The van der Waals surface area contributed by atoms with Gasteiger partial charge in [0.25, 0.3) is 0 Å². The summed E-state index contributed by atoms with van der Waals surface area (Å²) in [6, 6.07) is 6.89. The van der Waals surface area contributed by atoms with Crippen molar-refractivity contribution in [3.05, 3.63) is 40.5 Å². The third kappa shape index (κ3) is 3.52. The molecule has 1 aromatic carbocycles. The van der Waals surface area contributed by atoms with Gasteiger partial charge in [-0.2, -0.15) is 23.4 Å². The zero-order valence-electron chi connectivity index (χ0n) is 10.2. The number of anilines is 3. The van der Waals surface area contributed by atoms with E-state index in [2.05, 4.69) is 15.3 Å². The van der Waals surface area contributed by atoms with Crippen molar-refractivity contribution >= 4 is 29.1 Å². The topological polar surface area (TPSA) is 87.6 Å². The van der Waals surface area contributed by atoms with Gasteiger partial charge in [0.1, 0.15) is 11.9 Å². The molecular formula is C12H7ClF3N5. The molecule has 0 amide bonds. The fourth-order valence-electron chi connectivity index (χ4n) is 1.53. The Morgan fingerprint density at radius 1 is 1.24 bits per heavy atom. The summed E-state index contributed by atoms with van der Waals surface area (Å²) in [6.07, 6.45) is -4.65. The molecule has 2 rings (SSSR count). The summed E-state index contributed by atoms with van der Waals surface area (Å²) in [7, 11) is 0. The minimum absolute atomic E-state index is 0.186.